The number of carbonyl (C=O) groups excluding carboxylic acids is 1. The number of halogens is 1. The third-order valence-corrected chi connectivity index (χ3v) is 3.14. The van der Waals surface area contributed by atoms with Crippen molar-refractivity contribution < 1.29 is 19.4 Å². The van der Waals surface area contributed by atoms with Crippen LogP contribution < -0.4 is 10.1 Å². The summed E-state index contributed by atoms with van der Waals surface area (Å²) in [4.78, 5) is 24.0. The van der Waals surface area contributed by atoms with Gasteiger partial charge in [0.15, 0.2) is 0 Å². The molecule has 110 valence electrons. The Kier molecular flexibility index (Phi) is 5.79. The quantitative estimate of drug-likeness (QED) is 0.836. The summed E-state index contributed by atoms with van der Waals surface area (Å²) >= 11 is 5.95. The summed E-state index contributed by atoms with van der Waals surface area (Å²) in [6.45, 7) is 1.48. The normalized spacial score (nSPS) is 12.1. The molecule has 6 nitrogen and oxygen atoms in total. The van der Waals surface area contributed by atoms with Gasteiger partial charge in [-0.3, -0.25) is 14.5 Å². The van der Waals surface area contributed by atoms with Crippen molar-refractivity contribution in [3.63, 3.8) is 0 Å². The number of benzene rings is 1. The highest BCUT2D eigenvalue weighted by Gasteiger charge is 2.19. The van der Waals surface area contributed by atoms with E-state index in [9.17, 15) is 9.59 Å². The summed E-state index contributed by atoms with van der Waals surface area (Å²) in [5.41, 5.74) is 0.525. The van der Waals surface area contributed by atoms with Gasteiger partial charge in [0.2, 0.25) is 5.91 Å². The van der Waals surface area contributed by atoms with Crippen LogP contribution in [-0.4, -0.2) is 48.6 Å². The number of carboxylic acids is 1. The number of aliphatic carboxylic acids is 1. The minimum Gasteiger partial charge on any atom is -0.495 e. The largest absolute Gasteiger partial charge is 0.495 e. The molecule has 0 saturated heterocycles. The van der Waals surface area contributed by atoms with Gasteiger partial charge in [-0.05, 0) is 32.2 Å². The lowest BCUT2D eigenvalue weighted by molar-refractivity contribution is -0.142. The SMILES string of the molecule is COc1ccc(NC(=O)CN(C)C(C)C(=O)O)cc1Cl. The molecule has 0 fully saturated rings. The van der Waals surface area contributed by atoms with Gasteiger partial charge in [0.1, 0.15) is 11.8 Å². The fourth-order valence-corrected chi connectivity index (χ4v) is 1.75. The monoisotopic (exact) mass is 300 g/mol. The molecule has 0 saturated carbocycles. The van der Waals surface area contributed by atoms with Crippen molar-refractivity contribution in [2.75, 3.05) is 26.0 Å². The standard InChI is InChI=1S/C13H17ClN2O4/c1-8(13(18)19)16(2)7-12(17)15-9-4-5-11(20-3)10(14)6-9/h4-6,8H,7H2,1-3H3,(H,15,17)(H,18,19). The highest BCUT2D eigenvalue weighted by Crippen LogP contribution is 2.27. The van der Waals surface area contributed by atoms with E-state index in [4.69, 9.17) is 21.4 Å². The minimum absolute atomic E-state index is 0.0306. The molecule has 7 heteroatoms. The predicted octanol–water partition coefficient (Wildman–Crippen LogP) is 1.69. The van der Waals surface area contributed by atoms with Gasteiger partial charge >= 0.3 is 5.97 Å². The van der Waals surface area contributed by atoms with Gasteiger partial charge in [-0.2, -0.15) is 0 Å². The summed E-state index contributed by atoms with van der Waals surface area (Å²) in [6.07, 6.45) is 0. The summed E-state index contributed by atoms with van der Waals surface area (Å²) in [6, 6.07) is 4.13. The summed E-state index contributed by atoms with van der Waals surface area (Å²) in [5, 5.41) is 11.9. The second kappa shape index (κ2) is 7.12. The Morgan fingerprint density at radius 1 is 1.50 bits per heavy atom. The Morgan fingerprint density at radius 2 is 2.15 bits per heavy atom. The second-order valence-corrected chi connectivity index (χ2v) is 4.73. The lowest BCUT2D eigenvalue weighted by Crippen LogP contribution is -2.40. The van der Waals surface area contributed by atoms with Crippen LogP contribution in [0.25, 0.3) is 0 Å². The maximum Gasteiger partial charge on any atom is 0.320 e. The molecule has 1 unspecified atom stereocenters. The molecule has 0 bridgehead atoms. The van der Waals surface area contributed by atoms with Gasteiger partial charge in [-0.1, -0.05) is 11.6 Å². The minimum atomic E-state index is -0.979. The first kappa shape index (κ1) is 16.3. The van der Waals surface area contributed by atoms with E-state index in [1.165, 1.54) is 18.9 Å². The fraction of sp³-hybridized carbons (Fsp3) is 0.385. The van der Waals surface area contributed by atoms with Crippen LogP contribution in [0, 0.1) is 0 Å². The van der Waals surface area contributed by atoms with Gasteiger partial charge in [0.05, 0.1) is 18.7 Å². The average Bonchev–Trinajstić information content (AvgIpc) is 2.37. The zero-order chi connectivity index (χ0) is 15.3. The smallest absolute Gasteiger partial charge is 0.320 e. The number of methoxy groups -OCH3 is 1. The number of hydrogen-bond acceptors (Lipinski definition) is 4. The molecule has 1 aromatic carbocycles. The first-order valence-electron chi connectivity index (χ1n) is 5.91. The summed E-state index contributed by atoms with van der Waals surface area (Å²) < 4.78 is 5.01. The first-order valence-corrected chi connectivity index (χ1v) is 6.29. The zero-order valence-electron chi connectivity index (χ0n) is 11.5. The highest BCUT2D eigenvalue weighted by molar-refractivity contribution is 6.32. The van der Waals surface area contributed by atoms with Gasteiger partial charge in [-0.15, -0.1) is 0 Å². The Hall–Kier alpha value is -1.79. The van der Waals surface area contributed by atoms with Crippen molar-refractivity contribution in [1.82, 2.24) is 4.90 Å². The number of hydrogen-bond donors (Lipinski definition) is 2. The molecular weight excluding hydrogens is 284 g/mol. The first-order chi connectivity index (χ1) is 9.35. The number of ether oxygens (including phenoxy) is 1. The fourth-order valence-electron chi connectivity index (χ4n) is 1.50. The Morgan fingerprint density at radius 3 is 2.65 bits per heavy atom. The van der Waals surface area contributed by atoms with Crippen molar-refractivity contribution >= 4 is 29.2 Å². The molecule has 0 heterocycles. The number of anilines is 1. The summed E-state index contributed by atoms with van der Waals surface area (Å²) in [7, 11) is 3.07. The number of rotatable bonds is 6. The molecular formula is C13H17ClN2O4. The number of nitrogens with one attached hydrogen (secondary N) is 1. The Labute approximate surface area is 122 Å². The summed E-state index contributed by atoms with van der Waals surface area (Å²) in [5.74, 6) is -0.782. The Balaban J connectivity index is 2.63. The van der Waals surface area contributed by atoms with E-state index in [2.05, 4.69) is 5.32 Å². The topological polar surface area (TPSA) is 78.9 Å². The maximum absolute atomic E-state index is 11.8. The van der Waals surface area contributed by atoms with E-state index in [0.29, 0.717) is 16.5 Å². The second-order valence-electron chi connectivity index (χ2n) is 4.33. The third-order valence-electron chi connectivity index (χ3n) is 2.85. The molecule has 1 amide bonds. The van der Waals surface area contributed by atoms with Crippen molar-refractivity contribution in [3.8, 4) is 5.75 Å². The van der Waals surface area contributed by atoms with Crippen LogP contribution in [0.1, 0.15) is 6.92 Å². The molecule has 0 radical (unpaired) electrons. The van der Waals surface area contributed by atoms with E-state index in [-0.39, 0.29) is 12.5 Å². The van der Waals surface area contributed by atoms with Crippen molar-refractivity contribution in [1.29, 1.82) is 0 Å². The van der Waals surface area contributed by atoms with E-state index >= 15 is 0 Å². The molecule has 1 rings (SSSR count). The molecule has 1 aromatic rings. The van der Waals surface area contributed by atoms with Gasteiger partial charge < -0.3 is 15.2 Å². The van der Waals surface area contributed by atoms with Crippen LogP contribution >= 0.6 is 11.6 Å². The van der Waals surface area contributed by atoms with E-state index in [1.807, 2.05) is 0 Å². The lowest BCUT2D eigenvalue weighted by atomic mass is 10.3. The molecule has 0 aliphatic rings. The van der Waals surface area contributed by atoms with Crippen LogP contribution in [-0.2, 0) is 9.59 Å². The molecule has 0 aromatic heterocycles. The number of nitrogens with zero attached hydrogens (tertiary/aromatic N) is 1. The van der Waals surface area contributed by atoms with Crippen LogP contribution in [0.15, 0.2) is 18.2 Å². The van der Waals surface area contributed by atoms with Crippen LogP contribution in [0.4, 0.5) is 5.69 Å². The van der Waals surface area contributed by atoms with Crippen LogP contribution in [0.5, 0.6) is 5.75 Å². The van der Waals surface area contributed by atoms with Crippen molar-refractivity contribution in [3.05, 3.63) is 23.2 Å². The number of likely N-dealkylation sites (N-methyl/N-ethyl adjacent to an activating group) is 1. The lowest BCUT2D eigenvalue weighted by Gasteiger charge is -2.20. The number of carbonyl (C=O) groups is 2. The third kappa shape index (κ3) is 4.40. The van der Waals surface area contributed by atoms with Crippen molar-refractivity contribution in [2.24, 2.45) is 0 Å². The van der Waals surface area contributed by atoms with Crippen LogP contribution in [0.3, 0.4) is 0 Å². The number of carboxylic acid groups (broad SMARTS) is 1. The van der Waals surface area contributed by atoms with E-state index in [1.54, 1.807) is 25.2 Å². The molecule has 1 atom stereocenters. The predicted molar refractivity (Wildman–Crippen MR) is 76.4 cm³/mol. The van der Waals surface area contributed by atoms with Crippen molar-refractivity contribution in [2.45, 2.75) is 13.0 Å². The highest BCUT2D eigenvalue weighted by atomic mass is 35.5. The van der Waals surface area contributed by atoms with Gasteiger partial charge in [-0.25, -0.2) is 0 Å². The molecule has 0 spiro atoms. The molecule has 0 aliphatic carbocycles. The maximum atomic E-state index is 11.8. The Bertz CT molecular complexity index is 507. The van der Waals surface area contributed by atoms with Crippen LogP contribution in [0.2, 0.25) is 5.02 Å². The molecule has 2 N–H and O–H groups in total. The molecule has 20 heavy (non-hydrogen) atoms. The average molecular weight is 301 g/mol. The zero-order valence-corrected chi connectivity index (χ0v) is 12.3. The molecule has 0 aliphatic heterocycles. The van der Waals surface area contributed by atoms with Gasteiger partial charge in [0.25, 0.3) is 0 Å². The van der Waals surface area contributed by atoms with E-state index < -0.39 is 12.0 Å². The van der Waals surface area contributed by atoms with E-state index in [0.717, 1.165) is 0 Å². The van der Waals surface area contributed by atoms with Gasteiger partial charge in [0, 0.05) is 5.69 Å². The number of amides is 1.